The second-order valence-electron chi connectivity index (χ2n) is 4.23. The van der Waals surface area contributed by atoms with Crippen LogP contribution in [0.4, 0.5) is 5.69 Å². The summed E-state index contributed by atoms with van der Waals surface area (Å²) in [4.78, 5) is 2.28. The van der Waals surface area contributed by atoms with Gasteiger partial charge in [-0.25, -0.2) is 0 Å². The maximum Gasteiger partial charge on any atom is 0.0991 e. The normalized spacial score (nSPS) is 21.2. The predicted octanol–water partition coefficient (Wildman–Crippen LogP) is 1.91. The molecule has 3 heteroatoms. The van der Waals surface area contributed by atoms with Gasteiger partial charge in [-0.05, 0) is 43.5 Å². The van der Waals surface area contributed by atoms with E-state index in [-0.39, 0.29) is 6.10 Å². The van der Waals surface area contributed by atoms with Gasteiger partial charge >= 0.3 is 0 Å². The number of hydrogen-bond donors (Lipinski definition) is 1. The van der Waals surface area contributed by atoms with E-state index in [2.05, 4.69) is 11.0 Å². The number of nitrogens with zero attached hydrogens (tertiary/aromatic N) is 2. The van der Waals surface area contributed by atoms with Crippen molar-refractivity contribution >= 4 is 5.69 Å². The number of aliphatic hydroxyl groups is 1. The van der Waals surface area contributed by atoms with Crippen LogP contribution in [0.1, 0.15) is 24.8 Å². The molecule has 1 unspecified atom stereocenters. The number of anilines is 1. The van der Waals surface area contributed by atoms with Crippen molar-refractivity contribution in [3.05, 3.63) is 29.8 Å². The Balaban J connectivity index is 2.08. The Morgan fingerprint density at radius 1 is 1.19 bits per heavy atom. The highest BCUT2D eigenvalue weighted by Crippen LogP contribution is 2.19. The molecular weight excluding hydrogens is 200 g/mol. The molecule has 0 aliphatic carbocycles. The van der Waals surface area contributed by atoms with Gasteiger partial charge in [0, 0.05) is 18.8 Å². The van der Waals surface area contributed by atoms with Crippen LogP contribution >= 0.6 is 0 Å². The summed E-state index contributed by atoms with van der Waals surface area (Å²) >= 11 is 0. The van der Waals surface area contributed by atoms with Gasteiger partial charge in [-0.3, -0.25) is 0 Å². The van der Waals surface area contributed by atoms with Crippen molar-refractivity contribution in [2.75, 3.05) is 18.0 Å². The Kier molecular flexibility index (Phi) is 3.43. The molecular formula is C13H16N2O. The van der Waals surface area contributed by atoms with E-state index in [1.54, 1.807) is 0 Å². The highest BCUT2D eigenvalue weighted by atomic mass is 16.3. The summed E-state index contributed by atoms with van der Waals surface area (Å²) in [5.41, 5.74) is 1.84. The predicted molar refractivity (Wildman–Crippen MR) is 63.2 cm³/mol. The fourth-order valence-corrected chi connectivity index (χ4v) is 2.08. The standard InChI is InChI=1S/C13H16N2O/c14-10-11-3-5-12(6-4-11)15-8-1-2-13(16)7-9-15/h3-6,13,16H,1-2,7-9H2. The SMILES string of the molecule is N#Cc1ccc(N2CCCC(O)CC2)cc1. The molecule has 3 nitrogen and oxygen atoms in total. The zero-order valence-corrected chi connectivity index (χ0v) is 9.26. The lowest BCUT2D eigenvalue weighted by Crippen LogP contribution is -2.24. The molecule has 0 aromatic heterocycles. The van der Waals surface area contributed by atoms with E-state index >= 15 is 0 Å². The van der Waals surface area contributed by atoms with E-state index in [4.69, 9.17) is 5.26 Å². The molecule has 1 aromatic carbocycles. The summed E-state index contributed by atoms with van der Waals surface area (Å²) in [6, 6.07) is 9.77. The average Bonchev–Trinajstić information content (AvgIpc) is 2.54. The van der Waals surface area contributed by atoms with E-state index in [1.807, 2.05) is 24.3 Å². The van der Waals surface area contributed by atoms with Gasteiger partial charge in [0.05, 0.1) is 17.7 Å². The molecule has 0 radical (unpaired) electrons. The maximum atomic E-state index is 9.57. The number of rotatable bonds is 1. The van der Waals surface area contributed by atoms with Crippen LogP contribution < -0.4 is 4.90 Å². The second-order valence-corrected chi connectivity index (χ2v) is 4.23. The second kappa shape index (κ2) is 5.00. The summed E-state index contributed by atoms with van der Waals surface area (Å²) < 4.78 is 0. The smallest absolute Gasteiger partial charge is 0.0991 e. The highest BCUT2D eigenvalue weighted by Gasteiger charge is 2.14. The van der Waals surface area contributed by atoms with Crippen molar-refractivity contribution < 1.29 is 5.11 Å². The van der Waals surface area contributed by atoms with Gasteiger partial charge < -0.3 is 10.0 Å². The average molecular weight is 216 g/mol. The fourth-order valence-electron chi connectivity index (χ4n) is 2.08. The number of hydrogen-bond acceptors (Lipinski definition) is 3. The summed E-state index contributed by atoms with van der Waals surface area (Å²) in [5, 5.41) is 18.3. The van der Waals surface area contributed by atoms with Gasteiger partial charge in [-0.1, -0.05) is 0 Å². The lowest BCUT2D eigenvalue weighted by atomic mass is 10.2. The highest BCUT2D eigenvalue weighted by molar-refractivity contribution is 5.49. The quantitative estimate of drug-likeness (QED) is 0.780. The first kappa shape index (κ1) is 11.0. The molecule has 1 aliphatic rings. The van der Waals surface area contributed by atoms with Gasteiger partial charge in [0.1, 0.15) is 0 Å². The molecule has 1 N–H and O–H groups in total. The first-order valence-corrected chi connectivity index (χ1v) is 5.73. The van der Waals surface area contributed by atoms with Crippen molar-refractivity contribution in [3.8, 4) is 6.07 Å². The van der Waals surface area contributed by atoms with Crippen molar-refractivity contribution in [2.24, 2.45) is 0 Å². The van der Waals surface area contributed by atoms with E-state index < -0.39 is 0 Å². The Hall–Kier alpha value is -1.53. The van der Waals surface area contributed by atoms with Gasteiger partial charge in [0.2, 0.25) is 0 Å². The zero-order chi connectivity index (χ0) is 11.4. The first-order valence-electron chi connectivity index (χ1n) is 5.73. The van der Waals surface area contributed by atoms with Crippen molar-refractivity contribution in [1.82, 2.24) is 0 Å². The molecule has 16 heavy (non-hydrogen) atoms. The molecule has 1 aromatic rings. The molecule has 1 fully saturated rings. The molecule has 1 atom stereocenters. The molecule has 0 spiro atoms. The van der Waals surface area contributed by atoms with Crippen molar-refractivity contribution in [2.45, 2.75) is 25.4 Å². The summed E-state index contributed by atoms with van der Waals surface area (Å²) in [6.07, 6.45) is 2.61. The van der Waals surface area contributed by atoms with Crippen molar-refractivity contribution in [1.29, 1.82) is 5.26 Å². The lowest BCUT2D eigenvalue weighted by Gasteiger charge is -2.22. The zero-order valence-electron chi connectivity index (χ0n) is 9.26. The van der Waals surface area contributed by atoms with Gasteiger partial charge in [-0.2, -0.15) is 5.26 Å². The minimum absolute atomic E-state index is 0.150. The number of nitriles is 1. The monoisotopic (exact) mass is 216 g/mol. The minimum Gasteiger partial charge on any atom is -0.393 e. The Labute approximate surface area is 95.9 Å². The lowest BCUT2D eigenvalue weighted by molar-refractivity contribution is 0.161. The van der Waals surface area contributed by atoms with Gasteiger partial charge in [-0.15, -0.1) is 0 Å². The molecule has 0 saturated carbocycles. The Bertz CT molecular complexity index is 380. The molecule has 84 valence electrons. The number of benzene rings is 1. The molecule has 0 amide bonds. The molecule has 1 heterocycles. The van der Waals surface area contributed by atoms with Crippen LogP contribution in [0.3, 0.4) is 0 Å². The van der Waals surface area contributed by atoms with Crippen LogP contribution in [0, 0.1) is 11.3 Å². The molecule has 1 saturated heterocycles. The topological polar surface area (TPSA) is 47.3 Å². The molecule has 1 aliphatic heterocycles. The first-order chi connectivity index (χ1) is 7.79. The minimum atomic E-state index is -0.150. The third kappa shape index (κ3) is 2.53. The Morgan fingerprint density at radius 3 is 2.62 bits per heavy atom. The van der Waals surface area contributed by atoms with Crippen LogP contribution in [-0.4, -0.2) is 24.3 Å². The van der Waals surface area contributed by atoms with Crippen molar-refractivity contribution in [3.63, 3.8) is 0 Å². The summed E-state index contributed by atoms with van der Waals surface area (Å²) in [5.74, 6) is 0. The maximum absolute atomic E-state index is 9.57. The van der Waals surface area contributed by atoms with Crippen LogP contribution in [-0.2, 0) is 0 Å². The van der Waals surface area contributed by atoms with Gasteiger partial charge in [0.15, 0.2) is 0 Å². The third-order valence-electron chi connectivity index (χ3n) is 3.06. The summed E-state index contributed by atoms with van der Waals surface area (Å²) in [6.45, 7) is 1.88. The van der Waals surface area contributed by atoms with Crippen LogP contribution in [0.5, 0.6) is 0 Å². The third-order valence-corrected chi connectivity index (χ3v) is 3.06. The number of aliphatic hydroxyl groups excluding tert-OH is 1. The fraction of sp³-hybridized carbons (Fsp3) is 0.462. The van der Waals surface area contributed by atoms with E-state index in [9.17, 15) is 5.11 Å². The van der Waals surface area contributed by atoms with E-state index in [1.165, 1.54) is 0 Å². The molecule has 2 rings (SSSR count). The summed E-state index contributed by atoms with van der Waals surface area (Å²) in [7, 11) is 0. The van der Waals surface area contributed by atoms with Crippen LogP contribution in [0.2, 0.25) is 0 Å². The van der Waals surface area contributed by atoms with E-state index in [0.717, 1.165) is 38.0 Å². The molecule has 0 bridgehead atoms. The van der Waals surface area contributed by atoms with E-state index in [0.29, 0.717) is 5.56 Å². The van der Waals surface area contributed by atoms with Crippen LogP contribution in [0.25, 0.3) is 0 Å². The van der Waals surface area contributed by atoms with Crippen LogP contribution in [0.15, 0.2) is 24.3 Å². The largest absolute Gasteiger partial charge is 0.393 e. The van der Waals surface area contributed by atoms with Gasteiger partial charge in [0.25, 0.3) is 0 Å². The Morgan fingerprint density at radius 2 is 1.94 bits per heavy atom.